The van der Waals surface area contributed by atoms with Gasteiger partial charge in [0.05, 0.1) is 24.3 Å². The van der Waals surface area contributed by atoms with Gasteiger partial charge >= 0.3 is 11.5 Å². The van der Waals surface area contributed by atoms with Gasteiger partial charge in [-0.1, -0.05) is 12.1 Å². The molecule has 2 atom stereocenters. The predicted molar refractivity (Wildman–Crippen MR) is 115 cm³/mol. The van der Waals surface area contributed by atoms with Gasteiger partial charge in [0, 0.05) is 23.5 Å². The fraction of sp³-hybridized carbons (Fsp3) is 0.364. The minimum absolute atomic E-state index is 0.0222. The molecule has 2 unspecified atom stereocenters. The van der Waals surface area contributed by atoms with Crippen molar-refractivity contribution in [1.29, 1.82) is 0 Å². The zero-order valence-corrected chi connectivity index (χ0v) is 19.1. The van der Waals surface area contributed by atoms with Crippen LogP contribution in [0, 0.1) is 17.5 Å². The van der Waals surface area contributed by atoms with Crippen LogP contribution in [0.2, 0.25) is 0 Å². The number of halogens is 6. The van der Waals surface area contributed by atoms with Crippen LogP contribution in [0.5, 0.6) is 0 Å². The first-order chi connectivity index (χ1) is 16.3. The molecule has 0 radical (unpaired) electrons. The number of nitrogens with zero attached hydrogens (tertiary/aromatic N) is 1. The first kappa shape index (κ1) is 26.8. The van der Waals surface area contributed by atoms with Crippen molar-refractivity contribution in [2.75, 3.05) is 26.3 Å². The highest BCUT2D eigenvalue weighted by atomic mass is 32.2. The number of nitrogens with one attached hydrogen (secondary N) is 1. The monoisotopic (exact) mass is 521 g/mol. The van der Waals surface area contributed by atoms with Crippen molar-refractivity contribution in [2.24, 2.45) is 5.73 Å². The molecule has 0 aliphatic carbocycles. The third kappa shape index (κ3) is 6.27. The summed E-state index contributed by atoms with van der Waals surface area (Å²) in [4.78, 5) is 25.8. The largest absolute Gasteiger partial charge is 0.446 e. The first-order valence-corrected chi connectivity index (χ1v) is 11.1. The lowest BCUT2D eigenvalue weighted by molar-refractivity contribution is -0.0669. The summed E-state index contributed by atoms with van der Waals surface area (Å²) in [6, 6.07) is 3.21. The predicted octanol–water partition coefficient (Wildman–Crippen LogP) is 4.18. The van der Waals surface area contributed by atoms with Crippen molar-refractivity contribution in [3.8, 4) is 0 Å². The van der Waals surface area contributed by atoms with Crippen LogP contribution in [-0.2, 0) is 10.3 Å². The summed E-state index contributed by atoms with van der Waals surface area (Å²) in [7, 11) is 0. The smallest absolute Gasteiger partial charge is 0.378 e. The molecule has 13 heteroatoms. The highest BCUT2D eigenvalue weighted by molar-refractivity contribution is 8.00. The van der Waals surface area contributed by atoms with Gasteiger partial charge in [0.25, 0.3) is 0 Å². The molecule has 3 rings (SSSR count). The Morgan fingerprint density at radius 2 is 1.83 bits per heavy atom. The SMILES string of the molecule is CC1(c2ccc(SC(F)(F)F)cc2F)COCCN1CC(NC(N)=O)C(=O)c1c(F)cccc1F. The van der Waals surface area contributed by atoms with Crippen molar-refractivity contribution in [2.45, 2.75) is 28.9 Å². The number of primary amides is 1. The summed E-state index contributed by atoms with van der Waals surface area (Å²) in [6.45, 7) is 1.34. The number of ketones is 1. The Hall–Kier alpha value is -2.77. The minimum Gasteiger partial charge on any atom is -0.378 e. The van der Waals surface area contributed by atoms with E-state index in [9.17, 15) is 35.9 Å². The highest BCUT2D eigenvalue weighted by Gasteiger charge is 2.42. The van der Waals surface area contributed by atoms with Gasteiger partial charge in [-0.3, -0.25) is 9.69 Å². The minimum atomic E-state index is -4.60. The third-order valence-corrected chi connectivity index (χ3v) is 6.31. The summed E-state index contributed by atoms with van der Waals surface area (Å²) in [5.41, 5.74) is -1.62. The molecule has 0 aromatic heterocycles. The summed E-state index contributed by atoms with van der Waals surface area (Å²) >= 11 is -0.470. The van der Waals surface area contributed by atoms with E-state index >= 15 is 0 Å². The number of alkyl halides is 3. The molecule has 0 saturated carbocycles. The van der Waals surface area contributed by atoms with E-state index in [2.05, 4.69) is 5.32 Å². The lowest BCUT2D eigenvalue weighted by Crippen LogP contribution is -2.59. The van der Waals surface area contributed by atoms with Gasteiger partial charge in [-0.2, -0.15) is 13.2 Å². The molecule has 1 aliphatic heterocycles. The van der Waals surface area contributed by atoms with Crippen molar-refractivity contribution >= 4 is 23.6 Å². The van der Waals surface area contributed by atoms with E-state index in [1.807, 2.05) is 0 Å². The second-order valence-corrected chi connectivity index (χ2v) is 9.12. The van der Waals surface area contributed by atoms with E-state index in [-0.39, 0.29) is 36.8 Å². The number of ether oxygens (including phenoxy) is 1. The van der Waals surface area contributed by atoms with Gasteiger partial charge in [-0.25, -0.2) is 18.0 Å². The lowest BCUT2D eigenvalue weighted by Gasteiger charge is -2.46. The van der Waals surface area contributed by atoms with Crippen LogP contribution in [0.4, 0.5) is 31.1 Å². The Kier molecular flexibility index (Phi) is 8.02. The molecule has 35 heavy (non-hydrogen) atoms. The number of rotatable bonds is 7. The number of carbonyl (C=O) groups is 2. The zero-order valence-electron chi connectivity index (χ0n) is 18.3. The first-order valence-electron chi connectivity index (χ1n) is 10.2. The van der Waals surface area contributed by atoms with Crippen molar-refractivity contribution < 1.29 is 40.7 Å². The second kappa shape index (κ2) is 10.5. The van der Waals surface area contributed by atoms with Crippen LogP contribution in [-0.4, -0.2) is 54.6 Å². The second-order valence-electron chi connectivity index (χ2n) is 7.98. The zero-order chi connectivity index (χ0) is 26.0. The molecule has 3 N–H and O–H groups in total. The van der Waals surface area contributed by atoms with E-state index in [1.54, 1.807) is 4.90 Å². The molecule has 1 aliphatic rings. The number of morpholine rings is 1. The summed E-state index contributed by atoms with van der Waals surface area (Å²) in [6.07, 6.45) is 0. The van der Waals surface area contributed by atoms with Gasteiger partial charge < -0.3 is 15.8 Å². The van der Waals surface area contributed by atoms with E-state index in [4.69, 9.17) is 10.5 Å². The molecule has 2 aromatic rings. The van der Waals surface area contributed by atoms with Crippen molar-refractivity contribution in [3.63, 3.8) is 0 Å². The molecule has 0 spiro atoms. The Labute approximate surface area is 200 Å². The average Bonchev–Trinajstić information content (AvgIpc) is 2.73. The summed E-state index contributed by atoms with van der Waals surface area (Å²) in [5.74, 6) is -4.31. The molecule has 0 bridgehead atoms. The number of carbonyl (C=O) groups excluding carboxylic acids is 2. The number of thioether (sulfide) groups is 1. The van der Waals surface area contributed by atoms with Crippen LogP contribution in [0.3, 0.4) is 0 Å². The molecule has 1 heterocycles. The molecule has 1 fully saturated rings. The van der Waals surface area contributed by atoms with Gasteiger partial charge in [-0.05, 0) is 43.0 Å². The van der Waals surface area contributed by atoms with Gasteiger partial charge in [0.1, 0.15) is 23.5 Å². The van der Waals surface area contributed by atoms with E-state index in [1.165, 1.54) is 13.0 Å². The van der Waals surface area contributed by atoms with Crippen LogP contribution < -0.4 is 11.1 Å². The average molecular weight is 521 g/mol. The number of Topliss-reactive ketones (excluding diaryl/α,β-unsaturated/α-hetero) is 1. The lowest BCUT2D eigenvalue weighted by atomic mass is 9.88. The third-order valence-electron chi connectivity index (χ3n) is 5.59. The standard InChI is InChI=1S/C22H21F6N3O3S/c1-21(13-6-5-12(9-16(13)25)35-22(26,27)28)11-34-8-7-31(21)10-17(30-20(29)33)19(32)18-14(23)3-2-4-15(18)24/h2-6,9,17H,7-8,10-11H2,1H3,(H3,29,30,33). The van der Waals surface area contributed by atoms with Gasteiger partial charge in [-0.15, -0.1) is 0 Å². The van der Waals surface area contributed by atoms with Crippen LogP contribution in [0.1, 0.15) is 22.8 Å². The fourth-order valence-electron chi connectivity index (χ4n) is 3.95. The van der Waals surface area contributed by atoms with E-state index < -0.39 is 63.7 Å². The Balaban J connectivity index is 1.95. The number of hydrogen-bond donors (Lipinski definition) is 2. The Morgan fingerprint density at radius 1 is 1.17 bits per heavy atom. The number of amides is 2. The fourth-order valence-corrected chi connectivity index (χ4v) is 4.51. The van der Waals surface area contributed by atoms with Crippen LogP contribution in [0.25, 0.3) is 0 Å². The topological polar surface area (TPSA) is 84.7 Å². The molecule has 190 valence electrons. The van der Waals surface area contributed by atoms with Crippen LogP contribution >= 0.6 is 11.8 Å². The number of nitrogens with two attached hydrogens (primary N) is 1. The summed E-state index contributed by atoms with van der Waals surface area (Å²) in [5, 5.41) is 2.17. The number of hydrogen-bond acceptors (Lipinski definition) is 5. The Morgan fingerprint density at radius 3 is 2.40 bits per heavy atom. The molecule has 2 amide bonds. The maximum atomic E-state index is 15.0. The van der Waals surface area contributed by atoms with E-state index in [0.29, 0.717) is 0 Å². The maximum Gasteiger partial charge on any atom is 0.446 e. The highest BCUT2D eigenvalue weighted by Crippen LogP contribution is 2.40. The molecular weight excluding hydrogens is 500 g/mol. The van der Waals surface area contributed by atoms with Gasteiger partial charge in [0.15, 0.2) is 5.78 Å². The van der Waals surface area contributed by atoms with Crippen molar-refractivity contribution in [1.82, 2.24) is 10.2 Å². The molecule has 6 nitrogen and oxygen atoms in total. The quantitative estimate of drug-likeness (QED) is 0.325. The Bertz CT molecular complexity index is 1100. The van der Waals surface area contributed by atoms with Crippen molar-refractivity contribution in [3.05, 3.63) is 65.0 Å². The maximum absolute atomic E-state index is 15.0. The number of benzene rings is 2. The number of urea groups is 1. The van der Waals surface area contributed by atoms with E-state index in [0.717, 1.165) is 30.3 Å². The van der Waals surface area contributed by atoms with Crippen LogP contribution in [0.15, 0.2) is 41.3 Å². The summed E-state index contributed by atoms with van der Waals surface area (Å²) < 4.78 is 86.9. The normalized spacial score (nSPS) is 19.9. The molecule has 2 aromatic carbocycles. The van der Waals surface area contributed by atoms with Gasteiger partial charge in [0.2, 0.25) is 0 Å². The molecular formula is C22H21F6N3O3S. The molecule has 1 saturated heterocycles.